The van der Waals surface area contributed by atoms with Gasteiger partial charge in [-0.1, -0.05) is 37.8 Å². The summed E-state index contributed by atoms with van der Waals surface area (Å²) in [4.78, 5) is 44.1. The Morgan fingerprint density at radius 2 is 1.52 bits per heavy atom. The molecule has 1 fully saturated rings. The highest BCUT2D eigenvalue weighted by atomic mass is 16.6. The van der Waals surface area contributed by atoms with Gasteiger partial charge in [0.15, 0.2) is 24.1 Å². The van der Waals surface area contributed by atoms with E-state index < -0.39 is 42.3 Å². The highest BCUT2D eigenvalue weighted by Crippen LogP contribution is 2.09. The summed E-state index contributed by atoms with van der Waals surface area (Å²) in [6.45, 7) is 5.79. The predicted molar refractivity (Wildman–Crippen MR) is 105 cm³/mol. The maximum Gasteiger partial charge on any atom is 0.347 e. The SMILES string of the molecule is C.CC(O)C(=O)OC(C)C(=O)CCc1ccccc1.CC1OC(=O)C(C)OC1=O. The number of hydrogen-bond donors (Lipinski definition) is 1. The molecule has 0 aliphatic carbocycles. The Morgan fingerprint density at radius 1 is 1.03 bits per heavy atom. The van der Waals surface area contributed by atoms with Crippen LogP contribution < -0.4 is 0 Å². The van der Waals surface area contributed by atoms with Gasteiger partial charge in [-0.25, -0.2) is 14.4 Å². The van der Waals surface area contributed by atoms with E-state index >= 15 is 0 Å². The van der Waals surface area contributed by atoms with Gasteiger partial charge in [-0.15, -0.1) is 0 Å². The number of hydrogen-bond acceptors (Lipinski definition) is 8. The van der Waals surface area contributed by atoms with Crippen LogP contribution in [0.25, 0.3) is 0 Å². The molecule has 1 aromatic carbocycles. The lowest BCUT2D eigenvalue weighted by Crippen LogP contribution is -2.40. The van der Waals surface area contributed by atoms with Crippen LogP contribution in [0.5, 0.6) is 0 Å². The molecule has 29 heavy (non-hydrogen) atoms. The predicted octanol–water partition coefficient (Wildman–Crippen LogP) is 2.00. The van der Waals surface area contributed by atoms with Crippen LogP contribution in [0.3, 0.4) is 0 Å². The fraction of sp³-hybridized carbons (Fsp3) is 0.524. The van der Waals surface area contributed by atoms with E-state index in [1.165, 1.54) is 27.7 Å². The van der Waals surface area contributed by atoms with Gasteiger partial charge in [0.2, 0.25) is 0 Å². The van der Waals surface area contributed by atoms with Gasteiger partial charge in [-0.05, 0) is 39.7 Å². The average Bonchev–Trinajstić information content (AvgIpc) is 2.65. The molecule has 0 radical (unpaired) electrons. The van der Waals surface area contributed by atoms with Crippen LogP contribution >= 0.6 is 0 Å². The minimum absolute atomic E-state index is 0. The van der Waals surface area contributed by atoms with Crippen molar-refractivity contribution < 1.29 is 38.5 Å². The number of aliphatic hydroxyl groups is 1. The Morgan fingerprint density at radius 3 is 1.97 bits per heavy atom. The number of rotatable bonds is 6. The quantitative estimate of drug-likeness (QED) is 0.559. The molecule has 1 saturated heterocycles. The van der Waals surface area contributed by atoms with Crippen LogP contribution in [-0.4, -0.2) is 53.2 Å². The van der Waals surface area contributed by atoms with Gasteiger partial charge < -0.3 is 19.3 Å². The van der Waals surface area contributed by atoms with Gasteiger partial charge in [-0.3, -0.25) is 4.79 Å². The first kappa shape index (κ1) is 26.3. The Kier molecular flexibility index (Phi) is 11.5. The van der Waals surface area contributed by atoms with E-state index in [0.29, 0.717) is 12.8 Å². The molecule has 1 aliphatic rings. The highest BCUT2D eigenvalue weighted by molar-refractivity contribution is 5.87. The molecule has 8 nitrogen and oxygen atoms in total. The van der Waals surface area contributed by atoms with Crippen molar-refractivity contribution in [1.29, 1.82) is 0 Å². The largest absolute Gasteiger partial charge is 0.453 e. The molecular formula is C21H30O8. The standard InChI is InChI=1S/C14H18O4.C6H8O4.CH4/c1-10(15)14(17)18-11(2)13(16)9-8-12-6-4-3-5-7-12;1-3-5(7)10-4(2)6(8)9-3;/h3-7,10-11,15H,8-9H2,1-2H3;3-4H,1-2H3;1H4. The average molecular weight is 410 g/mol. The molecule has 1 aliphatic heterocycles. The molecule has 0 spiro atoms. The molecule has 0 bridgehead atoms. The summed E-state index contributed by atoms with van der Waals surface area (Å²) >= 11 is 0. The number of cyclic esters (lactones) is 2. The maximum absolute atomic E-state index is 11.7. The van der Waals surface area contributed by atoms with Crippen molar-refractivity contribution in [3.05, 3.63) is 35.9 Å². The molecule has 1 aromatic rings. The van der Waals surface area contributed by atoms with Crippen molar-refractivity contribution in [3.63, 3.8) is 0 Å². The van der Waals surface area contributed by atoms with Gasteiger partial charge in [0, 0.05) is 6.42 Å². The fourth-order valence-electron chi connectivity index (χ4n) is 2.09. The molecule has 0 saturated carbocycles. The van der Waals surface area contributed by atoms with Crippen molar-refractivity contribution in [3.8, 4) is 0 Å². The van der Waals surface area contributed by atoms with Crippen molar-refractivity contribution >= 4 is 23.7 Å². The zero-order valence-corrected chi connectivity index (χ0v) is 16.4. The molecule has 1 N–H and O–H groups in total. The van der Waals surface area contributed by atoms with Crippen LogP contribution in [0.15, 0.2) is 30.3 Å². The van der Waals surface area contributed by atoms with Gasteiger partial charge in [0.05, 0.1) is 0 Å². The van der Waals surface area contributed by atoms with E-state index in [0.717, 1.165) is 5.56 Å². The second-order valence-corrected chi connectivity index (χ2v) is 6.37. The highest BCUT2D eigenvalue weighted by Gasteiger charge is 2.32. The molecule has 0 amide bonds. The number of ether oxygens (including phenoxy) is 3. The molecule has 8 heteroatoms. The summed E-state index contributed by atoms with van der Waals surface area (Å²) in [6.07, 6.45) is -2.56. The minimum Gasteiger partial charge on any atom is -0.453 e. The Hall–Kier alpha value is -2.74. The molecule has 4 atom stereocenters. The zero-order chi connectivity index (χ0) is 21.3. The van der Waals surface area contributed by atoms with Crippen LogP contribution in [0.1, 0.15) is 47.1 Å². The van der Waals surface area contributed by atoms with E-state index in [4.69, 9.17) is 9.84 Å². The minimum atomic E-state index is -1.20. The van der Waals surface area contributed by atoms with Gasteiger partial charge in [0.25, 0.3) is 0 Å². The molecular weight excluding hydrogens is 380 g/mol. The summed E-state index contributed by atoms with van der Waals surface area (Å²) in [5.74, 6) is -1.87. The molecule has 162 valence electrons. The number of carbonyl (C=O) groups excluding carboxylic acids is 4. The Bertz CT molecular complexity index is 663. The van der Waals surface area contributed by atoms with E-state index in [1.54, 1.807) is 0 Å². The molecule has 2 rings (SSSR count). The Balaban J connectivity index is 0.000000606. The van der Waals surface area contributed by atoms with Crippen molar-refractivity contribution in [2.24, 2.45) is 0 Å². The summed E-state index contributed by atoms with van der Waals surface area (Å²) in [5, 5.41) is 8.97. The van der Waals surface area contributed by atoms with Crippen molar-refractivity contribution in [2.75, 3.05) is 0 Å². The van der Waals surface area contributed by atoms with E-state index in [-0.39, 0.29) is 13.2 Å². The number of aryl methyl sites for hydroxylation is 1. The third-order valence-electron chi connectivity index (χ3n) is 3.84. The van der Waals surface area contributed by atoms with Crippen LogP contribution in [0.4, 0.5) is 0 Å². The summed E-state index contributed by atoms with van der Waals surface area (Å²) in [6, 6.07) is 9.63. The van der Waals surface area contributed by atoms with Crippen LogP contribution in [0, 0.1) is 0 Å². The van der Waals surface area contributed by atoms with E-state index in [9.17, 15) is 19.2 Å². The molecule has 4 unspecified atom stereocenters. The van der Waals surface area contributed by atoms with Crippen LogP contribution in [0.2, 0.25) is 0 Å². The first-order chi connectivity index (χ1) is 13.1. The van der Waals surface area contributed by atoms with Crippen molar-refractivity contribution in [2.45, 2.75) is 72.4 Å². The monoisotopic (exact) mass is 410 g/mol. The topological polar surface area (TPSA) is 116 Å². The normalized spacial score (nSPS) is 19.9. The second-order valence-electron chi connectivity index (χ2n) is 6.37. The maximum atomic E-state index is 11.7. The molecule has 0 aromatic heterocycles. The number of aliphatic hydroxyl groups excluding tert-OH is 1. The van der Waals surface area contributed by atoms with Gasteiger partial charge >= 0.3 is 17.9 Å². The van der Waals surface area contributed by atoms with E-state index in [2.05, 4.69) is 9.47 Å². The zero-order valence-electron chi connectivity index (χ0n) is 16.4. The second kappa shape index (κ2) is 12.7. The summed E-state index contributed by atoms with van der Waals surface area (Å²) in [7, 11) is 0. The van der Waals surface area contributed by atoms with Gasteiger partial charge in [-0.2, -0.15) is 0 Å². The lowest BCUT2D eigenvalue weighted by atomic mass is 10.1. The number of Topliss-reactive ketones (excluding diaryl/α,β-unsaturated/α-hetero) is 1. The lowest BCUT2D eigenvalue weighted by Gasteiger charge is -2.22. The first-order valence-corrected chi connectivity index (χ1v) is 8.98. The third kappa shape index (κ3) is 9.34. The Labute approximate surface area is 171 Å². The number of esters is 3. The fourth-order valence-corrected chi connectivity index (χ4v) is 2.09. The smallest absolute Gasteiger partial charge is 0.347 e. The van der Waals surface area contributed by atoms with Gasteiger partial charge in [0.1, 0.15) is 6.10 Å². The van der Waals surface area contributed by atoms with Crippen molar-refractivity contribution in [1.82, 2.24) is 0 Å². The summed E-state index contributed by atoms with van der Waals surface area (Å²) in [5.41, 5.74) is 1.07. The van der Waals surface area contributed by atoms with Crippen LogP contribution in [-0.2, 0) is 39.8 Å². The third-order valence-corrected chi connectivity index (χ3v) is 3.84. The molecule has 1 heterocycles. The summed E-state index contributed by atoms with van der Waals surface area (Å²) < 4.78 is 14.0. The number of carbonyl (C=O) groups is 4. The first-order valence-electron chi connectivity index (χ1n) is 8.98. The number of benzene rings is 1. The lowest BCUT2D eigenvalue weighted by molar-refractivity contribution is -0.191. The number of ketones is 1. The van der Waals surface area contributed by atoms with E-state index in [1.807, 2.05) is 30.3 Å².